The van der Waals surface area contributed by atoms with Gasteiger partial charge in [-0.25, -0.2) is 4.79 Å². The van der Waals surface area contributed by atoms with Crippen molar-refractivity contribution >= 4 is 35.0 Å². The van der Waals surface area contributed by atoms with Crippen LogP contribution in [0.5, 0.6) is 11.5 Å². The highest BCUT2D eigenvalue weighted by Gasteiger charge is 2.18. The lowest BCUT2D eigenvalue weighted by atomic mass is 10.1. The number of anilines is 1. The average molecular weight is 520 g/mol. The first kappa shape index (κ1) is 27.5. The summed E-state index contributed by atoms with van der Waals surface area (Å²) in [4.78, 5) is 59.2. The van der Waals surface area contributed by atoms with E-state index in [0.29, 0.717) is 5.56 Å². The predicted molar refractivity (Wildman–Crippen MR) is 135 cm³/mol. The summed E-state index contributed by atoms with van der Waals surface area (Å²) in [6.45, 7) is 1.35. The molecule has 0 bridgehead atoms. The lowest BCUT2D eigenvalue weighted by molar-refractivity contribution is -0.384. The standard InChI is InChI=1S/C27H24N2O9/c1-17-3-5-19(6-4-17)27(33)38-20-9-7-18(8-10-20)24(30)16-37-26(32)14-13-25(31)28-22-12-11-21(36-2)15-23(22)29(34)35/h3-12,15H,13-14,16H2,1-2H3,(H,28,31). The van der Waals surface area contributed by atoms with Crippen LogP contribution in [0.2, 0.25) is 0 Å². The average Bonchev–Trinajstić information content (AvgIpc) is 2.91. The molecule has 0 unspecified atom stereocenters. The van der Waals surface area contributed by atoms with Crippen molar-refractivity contribution in [3.05, 3.63) is 93.5 Å². The summed E-state index contributed by atoms with van der Waals surface area (Å²) in [5, 5.41) is 13.6. The molecule has 11 nitrogen and oxygen atoms in total. The number of methoxy groups -OCH3 is 1. The number of nitrogens with zero attached hydrogens (tertiary/aromatic N) is 1. The van der Waals surface area contributed by atoms with E-state index in [-0.39, 0.29) is 41.3 Å². The second-order valence-corrected chi connectivity index (χ2v) is 8.05. The van der Waals surface area contributed by atoms with Gasteiger partial charge in [-0.2, -0.15) is 0 Å². The van der Waals surface area contributed by atoms with Crippen LogP contribution >= 0.6 is 0 Å². The Labute approximate surface area is 217 Å². The van der Waals surface area contributed by atoms with Crippen molar-refractivity contribution in [2.45, 2.75) is 19.8 Å². The van der Waals surface area contributed by atoms with Gasteiger partial charge in [0.1, 0.15) is 17.2 Å². The molecule has 3 aromatic carbocycles. The van der Waals surface area contributed by atoms with Gasteiger partial charge in [0.15, 0.2) is 12.4 Å². The van der Waals surface area contributed by atoms with Gasteiger partial charge in [-0.15, -0.1) is 0 Å². The highest BCUT2D eigenvalue weighted by atomic mass is 16.6. The fourth-order valence-electron chi connectivity index (χ4n) is 3.19. The van der Waals surface area contributed by atoms with Crippen molar-refractivity contribution in [1.82, 2.24) is 0 Å². The predicted octanol–water partition coefficient (Wildman–Crippen LogP) is 4.28. The number of nitro benzene ring substituents is 1. The maximum atomic E-state index is 12.3. The molecule has 196 valence electrons. The number of nitrogens with one attached hydrogen (secondary N) is 1. The van der Waals surface area contributed by atoms with E-state index in [2.05, 4.69) is 5.32 Å². The van der Waals surface area contributed by atoms with Crippen LogP contribution in [0, 0.1) is 17.0 Å². The molecule has 0 aliphatic rings. The molecule has 0 atom stereocenters. The van der Waals surface area contributed by atoms with E-state index in [1.807, 2.05) is 6.92 Å². The van der Waals surface area contributed by atoms with Crippen LogP contribution < -0.4 is 14.8 Å². The molecule has 0 aliphatic carbocycles. The third kappa shape index (κ3) is 7.72. The summed E-state index contributed by atoms with van der Waals surface area (Å²) in [6, 6.07) is 16.6. The summed E-state index contributed by atoms with van der Waals surface area (Å²) < 4.78 is 15.2. The number of ketones is 1. The molecule has 0 aliphatic heterocycles. The number of nitro groups is 1. The van der Waals surface area contributed by atoms with Gasteiger partial charge in [0.05, 0.1) is 30.1 Å². The Morgan fingerprint density at radius 1 is 0.868 bits per heavy atom. The second kappa shape index (κ2) is 12.8. The lowest BCUT2D eigenvalue weighted by Gasteiger charge is -2.08. The zero-order valence-corrected chi connectivity index (χ0v) is 20.6. The maximum absolute atomic E-state index is 12.3. The lowest BCUT2D eigenvalue weighted by Crippen LogP contribution is -2.18. The van der Waals surface area contributed by atoms with Gasteiger partial charge >= 0.3 is 11.9 Å². The molecule has 11 heteroatoms. The normalized spacial score (nSPS) is 10.3. The third-order valence-corrected chi connectivity index (χ3v) is 5.27. The number of hydrogen-bond acceptors (Lipinski definition) is 9. The van der Waals surface area contributed by atoms with Crippen LogP contribution in [-0.2, 0) is 14.3 Å². The third-order valence-electron chi connectivity index (χ3n) is 5.27. The van der Waals surface area contributed by atoms with Gasteiger partial charge < -0.3 is 19.5 Å². The van der Waals surface area contributed by atoms with E-state index < -0.39 is 35.2 Å². The molecule has 0 spiro atoms. The fourth-order valence-corrected chi connectivity index (χ4v) is 3.19. The fraction of sp³-hybridized carbons (Fsp3) is 0.185. The quantitative estimate of drug-likeness (QED) is 0.128. The maximum Gasteiger partial charge on any atom is 0.343 e. The molecule has 3 aromatic rings. The van der Waals surface area contributed by atoms with Crippen molar-refractivity contribution < 1.29 is 38.3 Å². The Kier molecular flexibility index (Phi) is 9.25. The Bertz CT molecular complexity index is 1350. The summed E-state index contributed by atoms with van der Waals surface area (Å²) in [7, 11) is 1.35. The number of amides is 1. The molecule has 0 saturated heterocycles. The van der Waals surface area contributed by atoms with E-state index in [1.165, 1.54) is 43.5 Å². The Hall–Kier alpha value is -5.06. The van der Waals surface area contributed by atoms with Gasteiger partial charge in [-0.1, -0.05) is 17.7 Å². The molecule has 0 fully saturated rings. The molecule has 38 heavy (non-hydrogen) atoms. The number of rotatable bonds is 11. The van der Waals surface area contributed by atoms with Crippen LogP contribution in [0.15, 0.2) is 66.7 Å². The van der Waals surface area contributed by atoms with E-state index in [1.54, 1.807) is 24.3 Å². The zero-order valence-electron chi connectivity index (χ0n) is 20.6. The van der Waals surface area contributed by atoms with Crippen LogP contribution in [-0.4, -0.2) is 42.3 Å². The highest BCUT2D eigenvalue weighted by molar-refractivity contribution is 5.99. The molecule has 3 rings (SSSR count). The Morgan fingerprint density at radius 2 is 1.50 bits per heavy atom. The number of benzene rings is 3. The van der Waals surface area contributed by atoms with Crippen molar-refractivity contribution in [2.24, 2.45) is 0 Å². The number of Topliss-reactive ketones (excluding diaryl/α,β-unsaturated/α-hetero) is 1. The van der Waals surface area contributed by atoms with E-state index in [0.717, 1.165) is 11.6 Å². The van der Waals surface area contributed by atoms with Gasteiger partial charge in [-0.05, 0) is 55.5 Å². The van der Waals surface area contributed by atoms with Crippen LogP contribution in [0.1, 0.15) is 39.1 Å². The number of hydrogen-bond donors (Lipinski definition) is 1. The zero-order chi connectivity index (χ0) is 27.7. The molecule has 0 heterocycles. The first-order valence-electron chi connectivity index (χ1n) is 11.4. The SMILES string of the molecule is COc1ccc(NC(=O)CCC(=O)OCC(=O)c2ccc(OC(=O)c3ccc(C)cc3)cc2)c([N+](=O)[O-])c1. The molecule has 1 amide bonds. The van der Waals surface area contributed by atoms with Crippen LogP contribution in [0.25, 0.3) is 0 Å². The van der Waals surface area contributed by atoms with E-state index in [4.69, 9.17) is 14.2 Å². The number of carbonyl (C=O) groups is 4. The molecular formula is C27H24N2O9. The minimum Gasteiger partial charge on any atom is -0.496 e. The molecular weight excluding hydrogens is 496 g/mol. The minimum absolute atomic E-state index is 0.0441. The summed E-state index contributed by atoms with van der Waals surface area (Å²) in [6.07, 6.45) is -0.645. The van der Waals surface area contributed by atoms with Gasteiger partial charge in [0.2, 0.25) is 5.91 Å². The van der Waals surface area contributed by atoms with Crippen molar-refractivity contribution in [3.63, 3.8) is 0 Å². The van der Waals surface area contributed by atoms with Gasteiger partial charge in [0.25, 0.3) is 5.69 Å². The van der Waals surface area contributed by atoms with Gasteiger partial charge in [0, 0.05) is 12.0 Å². The Morgan fingerprint density at radius 3 is 2.13 bits per heavy atom. The van der Waals surface area contributed by atoms with Crippen LogP contribution in [0.4, 0.5) is 11.4 Å². The van der Waals surface area contributed by atoms with E-state index in [9.17, 15) is 29.3 Å². The smallest absolute Gasteiger partial charge is 0.343 e. The number of esters is 2. The van der Waals surface area contributed by atoms with Crippen LogP contribution in [0.3, 0.4) is 0 Å². The molecule has 0 aromatic heterocycles. The van der Waals surface area contributed by atoms with Gasteiger partial charge in [-0.3, -0.25) is 24.5 Å². The second-order valence-electron chi connectivity index (χ2n) is 8.05. The van der Waals surface area contributed by atoms with Crippen molar-refractivity contribution in [3.8, 4) is 11.5 Å². The number of carbonyl (C=O) groups excluding carboxylic acids is 4. The molecule has 0 radical (unpaired) electrons. The number of aryl methyl sites for hydroxylation is 1. The minimum atomic E-state index is -0.790. The van der Waals surface area contributed by atoms with Crippen molar-refractivity contribution in [2.75, 3.05) is 19.0 Å². The van der Waals surface area contributed by atoms with E-state index >= 15 is 0 Å². The largest absolute Gasteiger partial charge is 0.496 e. The van der Waals surface area contributed by atoms with Crippen molar-refractivity contribution in [1.29, 1.82) is 0 Å². The summed E-state index contributed by atoms with van der Waals surface area (Å²) in [5.74, 6) is -1.97. The highest BCUT2D eigenvalue weighted by Crippen LogP contribution is 2.29. The Balaban J connectivity index is 1.44. The number of ether oxygens (including phenoxy) is 3. The first-order chi connectivity index (χ1) is 18.2. The monoisotopic (exact) mass is 520 g/mol. The topological polar surface area (TPSA) is 151 Å². The summed E-state index contributed by atoms with van der Waals surface area (Å²) in [5.41, 5.74) is 1.23. The first-order valence-corrected chi connectivity index (χ1v) is 11.4. The molecule has 1 N–H and O–H groups in total. The summed E-state index contributed by atoms with van der Waals surface area (Å²) >= 11 is 0. The molecule has 0 saturated carbocycles.